The smallest absolute Gasteiger partial charge is 0.254 e. The van der Waals surface area contributed by atoms with Crippen molar-refractivity contribution in [3.05, 3.63) is 36.2 Å². The molecule has 1 amide bonds. The molecule has 0 aliphatic carbocycles. The van der Waals surface area contributed by atoms with Crippen LogP contribution >= 0.6 is 0 Å². The van der Waals surface area contributed by atoms with Gasteiger partial charge >= 0.3 is 0 Å². The van der Waals surface area contributed by atoms with E-state index in [0.717, 1.165) is 10.9 Å². The Morgan fingerprint density at radius 1 is 1.41 bits per heavy atom. The fraction of sp³-hybridized carbons (Fsp3) is 0.154. The molecular formula is C13H12N8O. The molecule has 0 saturated heterocycles. The average Bonchev–Trinajstić information content (AvgIpc) is 3.15. The molecule has 110 valence electrons. The average molecular weight is 296 g/mol. The highest BCUT2D eigenvalue weighted by atomic mass is 16.1. The predicted octanol–water partition coefficient (Wildman–Crippen LogP) is 0.522. The van der Waals surface area contributed by atoms with Crippen molar-refractivity contribution in [1.82, 2.24) is 30.4 Å². The highest BCUT2D eigenvalue weighted by molar-refractivity contribution is 6.04. The Balaban J connectivity index is 1.57. The van der Waals surface area contributed by atoms with Crippen LogP contribution in [0.3, 0.4) is 0 Å². The Morgan fingerprint density at radius 3 is 3.23 bits per heavy atom. The molecular weight excluding hydrogens is 284 g/mol. The summed E-state index contributed by atoms with van der Waals surface area (Å²) in [6.45, 7) is 0.340. The summed E-state index contributed by atoms with van der Waals surface area (Å²) in [7, 11) is 1.80. The standard InChI is InChI=1S/C13H12N8O/c1-20-6-9(7-21-13(20)17-18-19-21)12(22)15-10-2-3-11-8(4-10)5-14-16-11/h2-6H,7H2,1H3,(H,14,16)(H,15,22). The number of tetrazole rings is 1. The molecule has 0 atom stereocenters. The second-order valence-corrected chi connectivity index (χ2v) is 5.03. The van der Waals surface area contributed by atoms with Crippen molar-refractivity contribution in [1.29, 1.82) is 0 Å². The van der Waals surface area contributed by atoms with Gasteiger partial charge in [0.1, 0.15) is 0 Å². The highest BCUT2D eigenvalue weighted by Crippen LogP contribution is 2.20. The molecule has 3 heterocycles. The summed E-state index contributed by atoms with van der Waals surface area (Å²) in [6.07, 6.45) is 3.45. The summed E-state index contributed by atoms with van der Waals surface area (Å²) in [6, 6.07) is 5.57. The summed E-state index contributed by atoms with van der Waals surface area (Å²) in [4.78, 5) is 14.1. The van der Waals surface area contributed by atoms with E-state index in [1.54, 1.807) is 29.0 Å². The zero-order chi connectivity index (χ0) is 15.1. The van der Waals surface area contributed by atoms with Crippen molar-refractivity contribution in [3.63, 3.8) is 0 Å². The molecule has 0 fully saturated rings. The lowest BCUT2D eigenvalue weighted by atomic mass is 10.2. The predicted molar refractivity (Wildman–Crippen MR) is 79.0 cm³/mol. The van der Waals surface area contributed by atoms with E-state index < -0.39 is 0 Å². The van der Waals surface area contributed by atoms with E-state index in [9.17, 15) is 4.79 Å². The third kappa shape index (κ3) is 1.99. The number of fused-ring (bicyclic) bond motifs is 2. The molecule has 9 nitrogen and oxygen atoms in total. The fourth-order valence-corrected chi connectivity index (χ4v) is 2.41. The highest BCUT2D eigenvalue weighted by Gasteiger charge is 2.22. The minimum absolute atomic E-state index is 0.184. The van der Waals surface area contributed by atoms with Crippen LogP contribution in [0.5, 0.6) is 0 Å². The van der Waals surface area contributed by atoms with Crippen LogP contribution in [-0.2, 0) is 11.3 Å². The Bertz CT molecular complexity index is 892. The van der Waals surface area contributed by atoms with Gasteiger partial charge in [-0.2, -0.15) is 5.10 Å². The van der Waals surface area contributed by atoms with E-state index >= 15 is 0 Å². The van der Waals surface area contributed by atoms with Crippen LogP contribution in [0.1, 0.15) is 0 Å². The van der Waals surface area contributed by atoms with Crippen LogP contribution in [0.2, 0.25) is 0 Å². The summed E-state index contributed by atoms with van der Waals surface area (Å²) in [5.41, 5.74) is 2.22. The first-order chi connectivity index (χ1) is 10.7. The Labute approximate surface area is 124 Å². The molecule has 1 aromatic carbocycles. The van der Waals surface area contributed by atoms with Gasteiger partial charge in [-0.15, -0.1) is 0 Å². The summed E-state index contributed by atoms with van der Waals surface area (Å²) < 4.78 is 1.58. The number of benzene rings is 1. The van der Waals surface area contributed by atoms with Crippen LogP contribution in [0.4, 0.5) is 11.6 Å². The number of hydrogen-bond acceptors (Lipinski definition) is 6. The molecule has 22 heavy (non-hydrogen) atoms. The lowest BCUT2D eigenvalue weighted by molar-refractivity contribution is -0.113. The Kier molecular flexibility index (Phi) is 2.65. The second kappa shape index (κ2) is 4.65. The van der Waals surface area contributed by atoms with Crippen molar-refractivity contribution < 1.29 is 4.79 Å². The number of hydrogen-bond donors (Lipinski definition) is 2. The van der Waals surface area contributed by atoms with Crippen LogP contribution in [0.25, 0.3) is 10.9 Å². The van der Waals surface area contributed by atoms with Gasteiger partial charge < -0.3 is 10.2 Å². The van der Waals surface area contributed by atoms with Crippen molar-refractivity contribution >= 4 is 28.4 Å². The second-order valence-electron chi connectivity index (χ2n) is 5.03. The number of carbonyl (C=O) groups is 1. The SMILES string of the molecule is CN1C=C(C(=O)Nc2ccc3[nH]ncc3c2)Cn2nnnc21. The number of H-pyrrole nitrogens is 1. The summed E-state index contributed by atoms with van der Waals surface area (Å²) in [5, 5.41) is 22.0. The van der Waals surface area contributed by atoms with Crippen LogP contribution in [0, 0.1) is 0 Å². The van der Waals surface area contributed by atoms with Gasteiger partial charge in [0, 0.05) is 24.3 Å². The van der Waals surface area contributed by atoms with Crippen molar-refractivity contribution in [2.45, 2.75) is 6.54 Å². The molecule has 0 spiro atoms. The van der Waals surface area contributed by atoms with E-state index in [-0.39, 0.29) is 5.91 Å². The maximum Gasteiger partial charge on any atom is 0.254 e. The summed E-state index contributed by atoms with van der Waals surface area (Å²) >= 11 is 0. The van der Waals surface area contributed by atoms with Crippen molar-refractivity contribution in [2.24, 2.45) is 0 Å². The topological polar surface area (TPSA) is 105 Å². The lowest BCUT2D eigenvalue weighted by Crippen LogP contribution is -2.28. The van der Waals surface area contributed by atoms with E-state index in [1.807, 2.05) is 18.2 Å². The van der Waals surface area contributed by atoms with Gasteiger partial charge in [0.15, 0.2) is 0 Å². The third-order valence-corrected chi connectivity index (χ3v) is 3.49. The third-order valence-electron chi connectivity index (χ3n) is 3.49. The fourth-order valence-electron chi connectivity index (χ4n) is 2.41. The monoisotopic (exact) mass is 296 g/mol. The number of anilines is 2. The zero-order valence-corrected chi connectivity index (χ0v) is 11.7. The minimum atomic E-state index is -0.184. The van der Waals surface area contributed by atoms with Gasteiger partial charge in [-0.1, -0.05) is 5.10 Å². The van der Waals surface area contributed by atoms with Gasteiger partial charge in [-0.05, 0) is 28.6 Å². The summed E-state index contributed by atoms with van der Waals surface area (Å²) in [5.74, 6) is 0.423. The quantitative estimate of drug-likeness (QED) is 0.714. The van der Waals surface area contributed by atoms with Gasteiger partial charge in [-0.3, -0.25) is 9.89 Å². The molecule has 0 unspecified atom stereocenters. The largest absolute Gasteiger partial charge is 0.322 e. The van der Waals surface area contributed by atoms with E-state index in [2.05, 4.69) is 31.0 Å². The maximum absolute atomic E-state index is 12.4. The van der Waals surface area contributed by atoms with Crippen LogP contribution in [-0.4, -0.2) is 43.4 Å². The maximum atomic E-state index is 12.4. The molecule has 0 radical (unpaired) electrons. The lowest BCUT2D eigenvalue weighted by Gasteiger charge is -2.21. The molecule has 3 aromatic rings. The first-order valence-corrected chi connectivity index (χ1v) is 6.65. The zero-order valence-electron chi connectivity index (χ0n) is 11.7. The van der Waals surface area contributed by atoms with Gasteiger partial charge in [0.05, 0.1) is 23.8 Å². The number of carbonyl (C=O) groups excluding carboxylic acids is 1. The molecule has 0 bridgehead atoms. The first kappa shape index (κ1) is 12.5. The first-order valence-electron chi connectivity index (χ1n) is 6.65. The molecule has 0 saturated carbocycles. The molecule has 4 rings (SSSR count). The minimum Gasteiger partial charge on any atom is -0.322 e. The number of amides is 1. The molecule has 1 aliphatic rings. The number of nitrogens with one attached hydrogen (secondary N) is 2. The molecule has 1 aliphatic heterocycles. The number of aromatic amines is 1. The van der Waals surface area contributed by atoms with E-state index in [1.165, 1.54) is 0 Å². The van der Waals surface area contributed by atoms with E-state index in [4.69, 9.17) is 0 Å². The molecule has 2 aromatic heterocycles. The number of nitrogens with zero attached hydrogens (tertiary/aromatic N) is 6. The van der Waals surface area contributed by atoms with Crippen molar-refractivity contribution in [2.75, 3.05) is 17.3 Å². The van der Waals surface area contributed by atoms with E-state index in [0.29, 0.717) is 23.8 Å². The van der Waals surface area contributed by atoms with Gasteiger partial charge in [-0.25, -0.2) is 4.68 Å². The number of rotatable bonds is 2. The molecule has 9 heteroatoms. The Morgan fingerprint density at radius 2 is 2.32 bits per heavy atom. The van der Waals surface area contributed by atoms with Crippen molar-refractivity contribution in [3.8, 4) is 0 Å². The van der Waals surface area contributed by atoms with Crippen LogP contribution < -0.4 is 10.2 Å². The normalized spacial score (nSPS) is 13.9. The molecule has 2 N–H and O–H groups in total. The van der Waals surface area contributed by atoms with Gasteiger partial charge in [0.2, 0.25) is 5.95 Å². The van der Waals surface area contributed by atoms with Crippen LogP contribution in [0.15, 0.2) is 36.2 Å². The number of aromatic nitrogens is 6. The van der Waals surface area contributed by atoms with Gasteiger partial charge in [0.25, 0.3) is 5.91 Å². The Hall–Kier alpha value is -3.23.